The van der Waals surface area contributed by atoms with Gasteiger partial charge in [0.15, 0.2) is 0 Å². The van der Waals surface area contributed by atoms with Gasteiger partial charge in [-0.3, -0.25) is 4.79 Å². The van der Waals surface area contributed by atoms with Gasteiger partial charge in [0.1, 0.15) is 5.75 Å². The summed E-state index contributed by atoms with van der Waals surface area (Å²) >= 11 is 0. The van der Waals surface area contributed by atoms with Crippen molar-refractivity contribution in [2.24, 2.45) is 5.73 Å². The molecule has 1 rings (SSSR count). The molecule has 3 N–H and O–H groups in total. The van der Waals surface area contributed by atoms with E-state index in [1.54, 1.807) is 7.11 Å². The zero-order valence-corrected chi connectivity index (χ0v) is 10.6. The molecule has 0 saturated carbocycles. The number of methoxy groups -OCH3 is 1. The van der Waals surface area contributed by atoms with Crippen molar-refractivity contribution in [1.29, 1.82) is 0 Å². The number of carbonyl (C=O) groups is 1. The van der Waals surface area contributed by atoms with Crippen LogP contribution in [-0.4, -0.2) is 19.1 Å². The molecule has 1 amide bonds. The molecule has 17 heavy (non-hydrogen) atoms. The van der Waals surface area contributed by atoms with Crippen molar-refractivity contribution in [2.45, 2.75) is 32.4 Å². The maximum absolute atomic E-state index is 11.5. The molecule has 1 aromatic carbocycles. The lowest BCUT2D eigenvalue weighted by atomic mass is 10.1. The predicted molar refractivity (Wildman–Crippen MR) is 67.8 cm³/mol. The Labute approximate surface area is 102 Å². The van der Waals surface area contributed by atoms with Gasteiger partial charge in [0.2, 0.25) is 5.91 Å². The molecule has 0 aliphatic rings. The molecule has 0 fully saturated rings. The molecular weight excluding hydrogens is 216 g/mol. The van der Waals surface area contributed by atoms with Crippen LogP contribution in [0.15, 0.2) is 24.3 Å². The lowest BCUT2D eigenvalue weighted by molar-refractivity contribution is -0.122. The molecule has 0 aliphatic carbocycles. The third-order valence-electron chi connectivity index (χ3n) is 2.50. The summed E-state index contributed by atoms with van der Waals surface area (Å²) in [5, 5.41) is 2.91. The van der Waals surface area contributed by atoms with Gasteiger partial charge >= 0.3 is 0 Å². The first-order chi connectivity index (χ1) is 8.02. The molecule has 0 radical (unpaired) electrons. The Bertz CT molecular complexity index is 360. The second-order valence-electron chi connectivity index (χ2n) is 4.24. The van der Waals surface area contributed by atoms with Gasteiger partial charge in [0.05, 0.1) is 13.2 Å². The number of nitrogens with two attached hydrogens (primary N) is 1. The van der Waals surface area contributed by atoms with Gasteiger partial charge in [-0.1, -0.05) is 12.1 Å². The van der Waals surface area contributed by atoms with Crippen LogP contribution in [0.4, 0.5) is 0 Å². The first kappa shape index (κ1) is 13.5. The number of carbonyl (C=O) groups excluding carboxylic acids is 1. The van der Waals surface area contributed by atoms with Crippen LogP contribution in [-0.2, 0) is 4.79 Å². The number of amides is 1. The zero-order chi connectivity index (χ0) is 12.8. The fourth-order valence-corrected chi connectivity index (χ4v) is 1.57. The first-order valence-corrected chi connectivity index (χ1v) is 5.72. The summed E-state index contributed by atoms with van der Waals surface area (Å²) in [4.78, 5) is 11.5. The highest BCUT2D eigenvalue weighted by atomic mass is 16.5. The first-order valence-electron chi connectivity index (χ1n) is 5.72. The molecule has 4 heteroatoms. The number of ether oxygens (including phenoxy) is 1. The van der Waals surface area contributed by atoms with Crippen molar-refractivity contribution in [1.82, 2.24) is 5.32 Å². The van der Waals surface area contributed by atoms with Crippen LogP contribution in [0.3, 0.4) is 0 Å². The maximum atomic E-state index is 11.5. The van der Waals surface area contributed by atoms with Crippen LogP contribution in [0.1, 0.15) is 31.9 Å². The number of hydrogen-bond acceptors (Lipinski definition) is 3. The van der Waals surface area contributed by atoms with E-state index < -0.39 is 0 Å². The Morgan fingerprint density at radius 2 is 1.94 bits per heavy atom. The SMILES string of the molecule is COc1ccc(C(C)NC(=O)CC(C)N)cc1. The van der Waals surface area contributed by atoms with Crippen LogP contribution < -0.4 is 15.8 Å². The minimum absolute atomic E-state index is 0.0212. The van der Waals surface area contributed by atoms with E-state index in [0.717, 1.165) is 11.3 Å². The lowest BCUT2D eigenvalue weighted by Crippen LogP contribution is -2.31. The van der Waals surface area contributed by atoms with Gasteiger partial charge in [-0.2, -0.15) is 0 Å². The van der Waals surface area contributed by atoms with E-state index in [2.05, 4.69) is 5.32 Å². The van der Waals surface area contributed by atoms with Crippen molar-refractivity contribution in [2.75, 3.05) is 7.11 Å². The quantitative estimate of drug-likeness (QED) is 0.816. The van der Waals surface area contributed by atoms with Gasteiger partial charge in [-0.05, 0) is 31.5 Å². The van der Waals surface area contributed by atoms with Crippen LogP contribution >= 0.6 is 0 Å². The summed E-state index contributed by atoms with van der Waals surface area (Å²) in [5.74, 6) is 0.783. The highest BCUT2D eigenvalue weighted by Gasteiger charge is 2.10. The normalized spacial score (nSPS) is 13.9. The fourth-order valence-electron chi connectivity index (χ4n) is 1.57. The largest absolute Gasteiger partial charge is 0.497 e. The third-order valence-corrected chi connectivity index (χ3v) is 2.50. The highest BCUT2D eigenvalue weighted by molar-refractivity contribution is 5.76. The van der Waals surface area contributed by atoms with Gasteiger partial charge in [0.25, 0.3) is 0 Å². The molecule has 0 saturated heterocycles. The highest BCUT2D eigenvalue weighted by Crippen LogP contribution is 2.17. The number of hydrogen-bond donors (Lipinski definition) is 2. The summed E-state index contributed by atoms with van der Waals surface area (Å²) in [7, 11) is 1.63. The smallest absolute Gasteiger partial charge is 0.222 e. The molecule has 0 aliphatic heterocycles. The maximum Gasteiger partial charge on any atom is 0.222 e. The summed E-state index contributed by atoms with van der Waals surface area (Å²) in [6, 6.07) is 7.50. The third kappa shape index (κ3) is 4.44. The molecular formula is C13H20N2O2. The Balaban J connectivity index is 2.56. The Kier molecular flexibility index (Phi) is 4.97. The molecule has 0 spiro atoms. The van der Waals surface area contributed by atoms with Crippen molar-refractivity contribution in [3.63, 3.8) is 0 Å². The fraction of sp³-hybridized carbons (Fsp3) is 0.462. The van der Waals surface area contributed by atoms with E-state index in [4.69, 9.17) is 10.5 Å². The number of nitrogens with one attached hydrogen (secondary N) is 1. The van der Waals surface area contributed by atoms with E-state index in [0.29, 0.717) is 6.42 Å². The van der Waals surface area contributed by atoms with E-state index >= 15 is 0 Å². The number of rotatable bonds is 5. The number of benzene rings is 1. The summed E-state index contributed by atoms with van der Waals surface area (Å²) in [6.45, 7) is 3.76. The van der Waals surface area contributed by atoms with Crippen LogP contribution in [0.5, 0.6) is 5.75 Å². The Morgan fingerprint density at radius 1 is 1.35 bits per heavy atom. The molecule has 0 aromatic heterocycles. The van der Waals surface area contributed by atoms with Crippen LogP contribution in [0.25, 0.3) is 0 Å². The molecule has 4 nitrogen and oxygen atoms in total. The van der Waals surface area contributed by atoms with E-state index in [1.165, 1.54) is 0 Å². The molecule has 0 bridgehead atoms. The minimum atomic E-state index is -0.113. The van der Waals surface area contributed by atoms with Crippen molar-refractivity contribution in [3.8, 4) is 5.75 Å². The van der Waals surface area contributed by atoms with E-state index in [-0.39, 0.29) is 18.0 Å². The van der Waals surface area contributed by atoms with Gasteiger partial charge in [0, 0.05) is 12.5 Å². The summed E-state index contributed by atoms with van der Waals surface area (Å²) < 4.78 is 5.08. The average Bonchev–Trinajstić information content (AvgIpc) is 2.28. The zero-order valence-electron chi connectivity index (χ0n) is 10.6. The van der Waals surface area contributed by atoms with E-state index in [1.807, 2.05) is 38.1 Å². The second kappa shape index (κ2) is 6.25. The van der Waals surface area contributed by atoms with Crippen LogP contribution in [0.2, 0.25) is 0 Å². The van der Waals surface area contributed by atoms with Crippen LogP contribution in [0, 0.1) is 0 Å². The Morgan fingerprint density at radius 3 is 2.41 bits per heavy atom. The molecule has 94 valence electrons. The van der Waals surface area contributed by atoms with Crippen molar-refractivity contribution < 1.29 is 9.53 Å². The molecule has 0 heterocycles. The summed E-state index contributed by atoms with van der Waals surface area (Å²) in [5.41, 5.74) is 6.61. The molecule has 1 aromatic rings. The minimum Gasteiger partial charge on any atom is -0.497 e. The molecule has 2 unspecified atom stereocenters. The average molecular weight is 236 g/mol. The van der Waals surface area contributed by atoms with E-state index in [9.17, 15) is 4.79 Å². The standard InChI is InChI=1S/C13H20N2O2/c1-9(14)8-13(16)15-10(2)11-4-6-12(17-3)7-5-11/h4-7,9-10H,8,14H2,1-3H3,(H,15,16). The Hall–Kier alpha value is -1.55. The second-order valence-corrected chi connectivity index (χ2v) is 4.24. The topological polar surface area (TPSA) is 64.3 Å². The lowest BCUT2D eigenvalue weighted by Gasteiger charge is -2.15. The van der Waals surface area contributed by atoms with Gasteiger partial charge in [-0.15, -0.1) is 0 Å². The van der Waals surface area contributed by atoms with Crippen molar-refractivity contribution in [3.05, 3.63) is 29.8 Å². The van der Waals surface area contributed by atoms with Gasteiger partial charge < -0.3 is 15.8 Å². The predicted octanol–water partition coefficient (Wildman–Crippen LogP) is 1.61. The van der Waals surface area contributed by atoms with Gasteiger partial charge in [-0.25, -0.2) is 0 Å². The summed E-state index contributed by atoms with van der Waals surface area (Å²) in [6.07, 6.45) is 0.348. The molecule has 2 atom stereocenters. The monoisotopic (exact) mass is 236 g/mol. The van der Waals surface area contributed by atoms with Crippen molar-refractivity contribution >= 4 is 5.91 Å².